The molecule has 0 aromatic rings. The summed E-state index contributed by atoms with van der Waals surface area (Å²) in [6.07, 6.45) is 0. The van der Waals surface area contributed by atoms with Crippen molar-refractivity contribution in [2.24, 2.45) is 5.92 Å². The Kier molecular flexibility index (Phi) is 5.07. The number of ether oxygens (including phenoxy) is 1. The SMILES string of the molecule is COCNC(C)C(=O)C(C)C. The average Bonchev–Trinajstić information content (AvgIpc) is 1.98. The van der Waals surface area contributed by atoms with Crippen molar-refractivity contribution in [1.29, 1.82) is 0 Å². The third-order valence-electron chi connectivity index (χ3n) is 1.53. The number of ketones is 1. The van der Waals surface area contributed by atoms with Gasteiger partial charge in [0.05, 0.1) is 12.8 Å². The molecule has 0 fully saturated rings. The number of rotatable bonds is 5. The second-order valence-electron chi connectivity index (χ2n) is 2.92. The Morgan fingerprint density at radius 2 is 2.00 bits per heavy atom. The largest absolute Gasteiger partial charge is 0.370 e. The lowest BCUT2D eigenvalue weighted by molar-refractivity contribution is -0.123. The highest BCUT2D eigenvalue weighted by Crippen LogP contribution is 1.98. The van der Waals surface area contributed by atoms with E-state index in [1.807, 2.05) is 20.8 Å². The van der Waals surface area contributed by atoms with Crippen molar-refractivity contribution in [3.63, 3.8) is 0 Å². The third kappa shape index (κ3) is 4.11. The Balaban J connectivity index is 3.64. The standard InChI is InChI=1S/C8H17NO2/c1-6(2)8(10)7(3)9-5-11-4/h6-7,9H,5H2,1-4H3. The minimum Gasteiger partial charge on any atom is -0.370 e. The Hall–Kier alpha value is -0.410. The van der Waals surface area contributed by atoms with E-state index in [4.69, 9.17) is 4.74 Å². The van der Waals surface area contributed by atoms with Crippen LogP contribution in [-0.2, 0) is 9.53 Å². The van der Waals surface area contributed by atoms with Gasteiger partial charge in [-0.1, -0.05) is 13.8 Å². The molecule has 1 N–H and O–H groups in total. The fourth-order valence-corrected chi connectivity index (χ4v) is 0.809. The maximum absolute atomic E-state index is 11.2. The highest BCUT2D eigenvalue weighted by Gasteiger charge is 2.14. The van der Waals surface area contributed by atoms with Crippen molar-refractivity contribution < 1.29 is 9.53 Å². The summed E-state index contributed by atoms with van der Waals surface area (Å²) in [5.74, 6) is 0.316. The van der Waals surface area contributed by atoms with Crippen LogP contribution < -0.4 is 5.32 Å². The zero-order valence-electron chi connectivity index (χ0n) is 7.68. The second kappa shape index (κ2) is 5.27. The van der Waals surface area contributed by atoms with Crippen LogP contribution in [0.3, 0.4) is 0 Å². The first kappa shape index (κ1) is 10.6. The molecule has 1 atom stereocenters. The first-order chi connectivity index (χ1) is 5.09. The van der Waals surface area contributed by atoms with Crippen molar-refractivity contribution in [3.8, 4) is 0 Å². The average molecular weight is 159 g/mol. The van der Waals surface area contributed by atoms with Crippen LogP contribution in [0.25, 0.3) is 0 Å². The maximum Gasteiger partial charge on any atom is 0.152 e. The van der Waals surface area contributed by atoms with Gasteiger partial charge < -0.3 is 4.74 Å². The molecule has 0 aliphatic heterocycles. The van der Waals surface area contributed by atoms with Gasteiger partial charge in [0, 0.05) is 13.0 Å². The molecule has 0 saturated carbocycles. The molecule has 0 saturated heterocycles. The van der Waals surface area contributed by atoms with E-state index in [2.05, 4.69) is 5.32 Å². The number of nitrogens with one attached hydrogen (secondary N) is 1. The fourth-order valence-electron chi connectivity index (χ4n) is 0.809. The van der Waals surface area contributed by atoms with Crippen LogP contribution in [0.1, 0.15) is 20.8 Å². The quantitative estimate of drug-likeness (QED) is 0.603. The number of methoxy groups -OCH3 is 1. The number of hydrogen-bond acceptors (Lipinski definition) is 3. The van der Waals surface area contributed by atoms with Crippen LogP contribution in [0, 0.1) is 5.92 Å². The van der Waals surface area contributed by atoms with E-state index in [0.29, 0.717) is 6.73 Å². The van der Waals surface area contributed by atoms with Crippen molar-refractivity contribution in [2.45, 2.75) is 26.8 Å². The molecule has 3 heteroatoms. The van der Waals surface area contributed by atoms with Crippen LogP contribution in [0.15, 0.2) is 0 Å². The monoisotopic (exact) mass is 159 g/mol. The van der Waals surface area contributed by atoms with Crippen molar-refractivity contribution in [2.75, 3.05) is 13.8 Å². The van der Waals surface area contributed by atoms with Gasteiger partial charge in [0.15, 0.2) is 5.78 Å². The zero-order valence-corrected chi connectivity index (χ0v) is 7.68. The van der Waals surface area contributed by atoms with E-state index in [-0.39, 0.29) is 17.7 Å². The van der Waals surface area contributed by atoms with E-state index in [0.717, 1.165) is 0 Å². The molecule has 0 radical (unpaired) electrons. The van der Waals surface area contributed by atoms with Gasteiger partial charge in [-0.25, -0.2) is 0 Å². The molecule has 0 amide bonds. The second-order valence-corrected chi connectivity index (χ2v) is 2.92. The van der Waals surface area contributed by atoms with E-state index in [9.17, 15) is 4.79 Å². The molecule has 1 unspecified atom stereocenters. The van der Waals surface area contributed by atoms with E-state index in [1.54, 1.807) is 7.11 Å². The summed E-state index contributed by atoms with van der Waals surface area (Å²) >= 11 is 0. The maximum atomic E-state index is 11.2. The van der Waals surface area contributed by atoms with Crippen molar-refractivity contribution >= 4 is 5.78 Å². The summed E-state index contributed by atoms with van der Waals surface area (Å²) in [5, 5.41) is 2.94. The van der Waals surface area contributed by atoms with Crippen molar-refractivity contribution in [1.82, 2.24) is 5.32 Å². The number of hydrogen-bond donors (Lipinski definition) is 1. The Bertz CT molecular complexity index is 123. The molecule has 0 aliphatic carbocycles. The summed E-state index contributed by atoms with van der Waals surface area (Å²) in [6, 6.07) is -0.102. The molecule has 0 aromatic heterocycles. The highest BCUT2D eigenvalue weighted by atomic mass is 16.5. The molecule has 0 bridgehead atoms. The Morgan fingerprint density at radius 3 is 2.36 bits per heavy atom. The smallest absolute Gasteiger partial charge is 0.152 e. The molecule has 0 aromatic carbocycles. The van der Waals surface area contributed by atoms with Gasteiger partial charge in [-0.3, -0.25) is 10.1 Å². The van der Waals surface area contributed by atoms with Gasteiger partial charge in [0.25, 0.3) is 0 Å². The lowest BCUT2D eigenvalue weighted by Crippen LogP contribution is -2.37. The molecule has 11 heavy (non-hydrogen) atoms. The van der Waals surface area contributed by atoms with Gasteiger partial charge in [0.2, 0.25) is 0 Å². The number of Topliss-reactive ketones (excluding diaryl/α,β-unsaturated/α-hetero) is 1. The van der Waals surface area contributed by atoms with Crippen LogP contribution in [0.4, 0.5) is 0 Å². The lowest BCUT2D eigenvalue weighted by atomic mass is 10.0. The third-order valence-corrected chi connectivity index (χ3v) is 1.53. The fraction of sp³-hybridized carbons (Fsp3) is 0.875. The molecule has 66 valence electrons. The lowest BCUT2D eigenvalue weighted by Gasteiger charge is -2.13. The summed E-state index contributed by atoms with van der Waals surface area (Å²) < 4.78 is 4.78. The van der Waals surface area contributed by atoms with Gasteiger partial charge in [0.1, 0.15) is 0 Å². The molecule has 0 heterocycles. The van der Waals surface area contributed by atoms with Gasteiger partial charge in [-0.2, -0.15) is 0 Å². The minimum absolute atomic E-state index is 0.0920. The number of carbonyl (C=O) groups is 1. The van der Waals surface area contributed by atoms with E-state index in [1.165, 1.54) is 0 Å². The molecule has 0 spiro atoms. The predicted molar refractivity (Wildman–Crippen MR) is 44.3 cm³/mol. The summed E-state index contributed by atoms with van der Waals surface area (Å²) in [4.78, 5) is 11.2. The van der Waals surface area contributed by atoms with Crippen LogP contribution >= 0.6 is 0 Å². The zero-order chi connectivity index (χ0) is 8.85. The first-order valence-corrected chi connectivity index (χ1v) is 3.85. The molecular weight excluding hydrogens is 142 g/mol. The normalized spacial score (nSPS) is 13.5. The Morgan fingerprint density at radius 1 is 1.45 bits per heavy atom. The molecule has 3 nitrogen and oxygen atoms in total. The highest BCUT2D eigenvalue weighted by molar-refractivity contribution is 5.85. The topological polar surface area (TPSA) is 38.3 Å². The van der Waals surface area contributed by atoms with Crippen LogP contribution in [0.2, 0.25) is 0 Å². The van der Waals surface area contributed by atoms with Crippen molar-refractivity contribution in [3.05, 3.63) is 0 Å². The molecular formula is C8H17NO2. The molecule has 0 rings (SSSR count). The van der Waals surface area contributed by atoms with Crippen LogP contribution in [-0.4, -0.2) is 25.7 Å². The predicted octanol–water partition coefficient (Wildman–Crippen LogP) is 0.793. The summed E-state index contributed by atoms with van der Waals surface area (Å²) in [5.41, 5.74) is 0. The van der Waals surface area contributed by atoms with E-state index >= 15 is 0 Å². The van der Waals surface area contributed by atoms with E-state index < -0.39 is 0 Å². The van der Waals surface area contributed by atoms with Gasteiger partial charge >= 0.3 is 0 Å². The first-order valence-electron chi connectivity index (χ1n) is 3.85. The summed E-state index contributed by atoms with van der Waals surface area (Å²) in [7, 11) is 1.60. The van der Waals surface area contributed by atoms with Crippen LogP contribution in [0.5, 0.6) is 0 Å². The number of carbonyl (C=O) groups excluding carboxylic acids is 1. The van der Waals surface area contributed by atoms with Gasteiger partial charge in [-0.05, 0) is 6.92 Å². The Labute approximate surface area is 68.1 Å². The minimum atomic E-state index is -0.102. The van der Waals surface area contributed by atoms with Gasteiger partial charge in [-0.15, -0.1) is 0 Å². The summed E-state index contributed by atoms with van der Waals surface area (Å²) in [6.45, 7) is 6.07. The molecule has 0 aliphatic rings.